The second-order valence-corrected chi connectivity index (χ2v) is 8.69. The standard InChI is InChI=1S/C25H23NO5/c1-14(22(27)15-7-3-2-4-8-15)31-25(30)18-9-5-6-10-19(18)26-23(28)20-16-11-12-17(13-16)21(20)24(26)29/h2-10,14,16-17,20-21H,11-13H2,1H3/t14-,16-,17+,20-,21-/m0/s1. The van der Waals surface area contributed by atoms with Crippen LogP contribution in [0.3, 0.4) is 0 Å². The van der Waals surface area contributed by atoms with Crippen LogP contribution in [-0.4, -0.2) is 29.7 Å². The van der Waals surface area contributed by atoms with Crippen LogP contribution in [0.2, 0.25) is 0 Å². The number of anilines is 1. The molecule has 2 bridgehead atoms. The summed E-state index contributed by atoms with van der Waals surface area (Å²) in [5.41, 5.74) is 0.809. The number of rotatable bonds is 5. The summed E-state index contributed by atoms with van der Waals surface area (Å²) >= 11 is 0. The van der Waals surface area contributed by atoms with Gasteiger partial charge in [0.05, 0.1) is 23.1 Å². The maximum Gasteiger partial charge on any atom is 0.340 e. The van der Waals surface area contributed by atoms with Gasteiger partial charge in [-0.05, 0) is 50.2 Å². The van der Waals surface area contributed by atoms with Gasteiger partial charge in [0.1, 0.15) is 0 Å². The number of hydrogen-bond donors (Lipinski definition) is 0. The van der Waals surface area contributed by atoms with Gasteiger partial charge in [-0.2, -0.15) is 0 Å². The number of fused-ring (bicyclic) bond motifs is 5. The number of carbonyl (C=O) groups excluding carboxylic acids is 4. The molecule has 0 radical (unpaired) electrons. The van der Waals surface area contributed by atoms with E-state index in [2.05, 4.69) is 0 Å². The van der Waals surface area contributed by atoms with E-state index in [0.717, 1.165) is 19.3 Å². The maximum absolute atomic E-state index is 13.2. The van der Waals surface area contributed by atoms with Gasteiger partial charge in [-0.1, -0.05) is 42.5 Å². The number of ketones is 1. The van der Waals surface area contributed by atoms with Crippen LogP contribution in [0.1, 0.15) is 46.9 Å². The molecule has 0 unspecified atom stereocenters. The van der Waals surface area contributed by atoms with Gasteiger partial charge in [-0.25, -0.2) is 9.69 Å². The maximum atomic E-state index is 13.2. The predicted octanol–water partition coefficient (Wildman–Crippen LogP) is 3.65. The number of para-hydroxylation sites is 1. The molecule has 1 heterocycles. The molecule has 3 fully saturated rings. The minimum atomic E-state index is -0.997. The zero-order chi connectivity index (χ0) is 21.7. The number of nitrogens with zero attached hydrogens (tertiary/aromatic N) is 1. The molecule has 3 aliphatic rings. The lowest BCUT2D eigenvalue weighted by Crippen LogP contribution is -2.34. The first-order chi connectivity index (χ1) is 15.0. The van der Waals surface area contributed by atoms with Crippen molar-refractivity contribution in [1.82, 2.24) is 0 Å². The molecule has 6 heteroatoms. The highest BCUT2D eigenvalue weighted by Crippen LogP contribution is 2.56. The SMILES string of the molecule is C[C@H](OC(=O)c1ccccc1N1C(=O)[C@H]2[C@@H]3CC[C@@H](C3)[C@@H]2C1=O)C(=O)c1ccccc1. The summed E-state index contributed by atoms with van der Waals surface area (Å²) in [4.78, 5) is 53.1. The van der Waals surface area contributed by atoms with E-state index < -0.39 is 12.1 Å². The molecule has 31 heavy (non-hydrogen) atoms. The summed E-state index contributed by atoms with van der Waals surface area (Å²) in [6, 6.07) is 15.1. The predicted molar refractivity (Wildman–Crippen MR) is 112 cm³/mol. The molecule has 2 aliphatic carbocycles. The molecule has 6 nitrogen and oxygen atoms in total. The van der Waals surface area contributed by atoms with E-state index in [1.165, 1.54) is 17.9 Å². The number of ether oxygens (including phenoxy) is 1. The first-order valence-corrected chi connectivity index (χ1v) is 10.7. The number of amides is 2. The van der Waals surface area contributed by atoms with Crippen LogP contribution < -0.4 is 4.90 Å². The highest BCUT2D eigenvalue weighted by molar-refractivity contribution is 6.24. The van der Waals surface area contributed by atoms with Crippen LogP contribution in [0.4, 0.5) is 5.69 Å². The van der Waals surface area contributed by atoms with Crippen LogP contribution in [0.15, 0.2) is 54.6 Å². The van der Waals surface area contributed by atoms with Crippen molar-refractivity contribution in [3.63, 3.8) is 0 Å². The zero-order valence-corrected chi connectivity index (χ0v) is 17.2. The Morgan fingerprint density at radius 1 is 0.903 bits per heavy atom. The number of benzene rings is 2. The molecule has 1 saturated heterocycles. The van der Waals surface area contributed by atoms with Gasteiger partial charge >= 0.3 is 5.97 Å². The highest BCUT2D eigenvalue weighted by Gasteiger charge is 2.61. The summed E-state index contributed by atoms with van der Waals surface area (Å²) < 4.78 is 5.43. The lowest BCUT2D eigenvalue weighted by Gasteiger charge is -2.20. The van der Waals surface area contributed by atoms with Crippen LogP contribution in [0.25, 0.3) is 0 Å². The Morgan fingerprint density at radius 2 is 1.48 bits per heavy atom. The number of esters is 1. The van der Waals surface area contributed by atoms with Gasteiger partial charge in [-0.15, -0.1) is 0 Å². The number of imide groups is 1. The molecule has 0 N–H and O–H groups in total. The monoisotopic (exact) mass is 417 g/mol. The van der Waals surface area contributed by atoms with E-state index in [-0.39, 0.29) is 52.5 Å². The molecule has 1 aliphatic heterocycles. The second kappa shape index (κ2) is 7.45. The van der Waals surface area contributed by atoms with Gasteiger partial charge in [0.25, 0.3) is 0 Å². The van der Waals surface area contributed by atoms with Gasteiger partial charge in [-0.3, -0.25) is 14.4 Å². The average Bonchev–Trinajstić information content (AvgIpc) is 3.47. The smallest absolute Gasteiger partial charge is 0.340 e. The first kappa shape index (κ1) is 19.7. The van der Waals surface area contributed by atoms with Gasteiger partial charge in [0, 0.05) is 5.56 Å². The van der Waals surface area contributed by atoms with Gasteiger partial charge < -0.3 is 4.74 Å². The Bertz CT molecular complexity index is 1050. The third-order valence-corrected chi connectivity index (χ3v) is 7.00. The molecule has 2 aromatic carbocycles. The van der Waals surface area contributed by atoms with Crippen molar-refractivity contribution < 1.29 is 23.9 Å². The quantitative estimate of drug-likeness (QED) is 0.421. The molecular weight excluding hydrogens is 394 g/mol. The minimum Gasteiger partial charge on any atom is -0.451 e. The fourth-order valence-corrected chi connectivity index (χ4v) is 5.60. The first-order valence-electron chi connectivity index (χ1n) is 10.7. The molecule has 5 rings (SSSR count). The number of hydrogen-bond acceptors (Lipinski definition) is 5. The Morgan fingerprint density at radius 3 is 2.13 bits per heavy atom. The Kier molecular flexibility index (Phi) is 4.73. The zero-order valence-electron chi connectivity index (χ0n) is 17.2. The van der Waals surface area contributed by atoms with Crippen molar-refractivity contribution in [1.29, 1.82) is 0 Å². The summed E-state index contributed by atoms with van der Waals surface area (Å²) in [6.07, 6.45) is 1.93. The minimum absolute atomic E-state index is 0.115. The summed E-state index contributed by atoms with van der Waals surface area (Å²) in [5, 5.41) is 0. The van der Waals surface area contributed by atoms with Gasteiger partial charge in [0.15, 0.2) is 6.10 Å². The van der Waals surface area contributed by atoms with E-state index in [0.29, 0.717) is 5.56 Å². The van der Waals surface area contributed by atoms with E-state index in [9.17, 15) is 19.2 Å². The Labute approximate surface area is 180 Å². The third-order valence-electron chi connectivity index (χ3n) is 7.00. The van der Waals surface area contributed by atoms with Crippen molar-refractivity contribution in [3.05, 3.63) is 65.7 Å². The molecule has 0 aromatic heterocycles. The van der Waals surface area contributed by atoms with Crippen LogP contribution in [-0.2, 0) is 14.3 Å². The van der Waals surface area contributed by atoms with Crippen molar-refractivity contribution >= 4 is 29.3 Å². The lowest BCUT2D eigenvalue weighted by molar-refractivity contribution is -0.123. The largest absolute Gasteiger partial charge is 0.451 e. The number of carbonyl (C=O) groups is 4. The fourth-order valence-electron chi connectivity index (χ4n) is 5.60. The topological polar surface area (TPSA) is 80.8 Å². The van der Waals surface area contributed by atoms with E-state index in [1.54, 1.807) is 48.5 Å². The van der Waals surface area contributed by atoms with Crippen molar-refractivity contribution in [3.8, 4) is 0 Å². The fraction of sp³-hybridized carbons (Fsp3) is 0.360. The van der Waals surface area contributed by atoms with E-state index in [1.807, 2.05) is 0 Å². The third kappa shape index (κ3) is 3.09. The molecule has 0 spiro atoms. The summed E-state index contributed by atoms with van der Waals surface area (Å²) in [7, 11) is 0. The second-order valence-electron chi connectivity index (χ2n) is 8.69. The van der Waals surface area contributed by atoms with Crippen molar-refractivity contribution in [2.24, 2.45) is 23.7 Å². The Hall–Kier alpha value is -3.28. The molecular formula is C25H23NO5. The van der Waals surface area contributed by atoms with E-state index >= 15 is 0 Å². The molecule has 2 saturated carbocycles. The molecule has 5 atom stereocenters. The normalized spacial score (nSPS) is 27.3. The number of Topliss-reactive ketones (excluding diaryl/α,β-unsaturated/α-hetero) is 1. The summed E-state index contributed by atoms with van der Waals surface area (Å²) in [6.45, 7) is 1.52. The van der Waals surface area contributed by atoms with E-state index in [4.69, 9.17) is 4.74 Å². The molecule has 158 valence electrons. The van der Waals surface area contributed by atoms with Gasteiger partial charge in [0.2, 0.25) is 17.6 Å². The molecule has 2 aromatic rings. The Balaban J connectivity index is 1.40. The highest BCUT2D eigenvalue weighted by atomic mass is 16.5. The van der Waals surface area contributed by atoms with Crippen LogP contribution in [0, 0.1) is 23.7 Å². The average molecular weight is 417 g/mol. The molecule has 2 amide bonds. The van der Waals surface area contributed by atoms with Crippen LogP contribution >= 0.6 is 0 Å². The van der Waals surface area contributed by atoms with Crippen molar-refractivity contribution in [2.75, 3.05) is 4.90 Å². The lowest BCUT2D eigenvalue weighted by atomic mass is 9.81. The summed E-state index contributed by atoms with van der Waals surface area (Å²) in [5.74, 6) is -1.48. The van der Waals surface area contributed by atoms with Crippen LogP contribution in [0.5, 0.6) is 0 Å². The van der Waals surface area contributed by atoms with Crippen molar-refractivity contribution in [2.45, 2.75) is 32.3 Å².